The monoisotopic (exact) mass is 126 g/mol. The first-order chi connectivity index (χ1) is 4.31. The number of aliphatic hydroxyl groups is 1. The van der Waals surface area contributed by atoms with Crippen LogP contribution in [0.1, 0.15) is 19.8 Å². The molecule has 0 spiro atoms. The van der Waals surface area contributed by atoms with Crippen molar-refractivity contribution in [1.29, 1.82) is 0 Å². The van der Waals surface area contributed by atoms with Crippen molar-refractivity contribution >= 4 is 0 Å². The van der Waals surface area contributed by atoms with Gasteiger partial charge in [0.1, 0.15) is 0 Å². The summed E-state index contributed by atoms with van der Waals surface area (Å²) in [5.41, 5.74) is 0. The molecular weight excluding hydrogens is 112 g/mol. The molecular formula is C8H14O. The van der Waals surface area contributed by atoms with E-state index >= 15 is 0 Å². The molecule has 0 bridgehead atoms. The van der Waals surface area contributed by atoms with Crippen molar-refractivity contribution in [2.45, 2.75) is 25.9 Å². The molecule has 0 aromatic heterocycles. The second kappa shape index (κ2) is 5.57. The van der Waals surface area contributed by atoms with E-state index in [2.05, 4.69) is 6.58 Å². The van der Waals surface area contributed by atoms with Gasteiger partial charge in [-0.3, -0.25) is 0 Å². The Labute approximate surface area is 56.7 Å². The SMILES string of the molecule is C=CC(O)CC/C=C/C. The lowest BCUT2D eigenvalue weighted by atomic mass is 10.2. The van der Waals surface area contributed by atoms with Crippen LogP contribution in [-0.2, 0) is 0 Å². The number of aliphatic hydroxyl groups excluding tert-OH is 1. The van der Waals surface area contributed by atoms with Crippen LogP contribution in [0.2, 0.25) is 0 Å². The lowest BCUT2D eigenvalue weighted by Gasteiger charge is -1.99. The van der Waals surface area contributed by atoms with E-state index in [1.165, 1.54) is 0 Å². The highest BCUT2D eigenvalue weighted by Gasteiger charge is 1.92. The van der Waals surface area contributed by atoms with Gasteiger partial charge in [-0.1, -0.05) is 18.2 Å². The molecule has 0 radical (unpaired) electrons. The van der Waals surface area contributed by atoms with Gasteiger partial charge >= 0.3 is 0 Å². The van der Waals surface area contributed by atoms with E-state index in [1.807, 2.05) is 19.1 Å². The molecule has 0 amide bonds. The van der Waals surface area contributed by atoms with Crippen LogP contribution in [0.5, 0.6) is 0 Å². The Balaban J connectivity index is 3.16. The van der Waals surface area contributed by atoms with Crippen molar-refractivity contribution in [1.82, 2.24) is 0 Å². The van der Waals surface area contributed by atoms with E-state index in [9.17, 15) is 0 Å². The summed E-state index contributed by atoms with van der Waals surface area (Å²) < 4.78 is 0. The lowest BCUT2D eigenvalue weighted by Crippen LogP contribution is -1.98. The molecule has 9 heavy (non-hydrogen) atoms. The van der Waals surface area contributed by atoms with E-state index in [4.69, 9.17) is 5.11 Å². The summed E-state index contributed by atoms with van der Waals surface area (Å²) >= 11 is 0. The Kier molecular flexibility index (Phi) is 5.23. The standard InChI is InChI=1S/C8H14O/c1-3-5-6-7-8(9)4-2/h3-5,8-9H,2,6-7H2,1H3/b5-3+. The molecule has 1 heteroatoms. The molecule has 1 atom stereocenters. The van der Waals surface area contributed by atoms with Gasteiger partial charge in [0.05, 0.1) is 6.10 Å². The predicted molar refractivity (Wildman–Crippen MR) is 40.3 cm³/mol. The Bertz CT molecular complexity index is 94.7. The fraction of sp³-hybridized carbons (Fsp3) is 0.500. The highest BCUT2D eigenvalue weighted by atomic mass is 16.3. The van der Waals surface area contributed by atoms with Gasteiger partial charge < -0.3 is 5.11 Å². The second-order valence-corrected chi connectivity index (χ2v) is 1.95. The van der Waals surface area contributed by atoms with Crippen molar-refractivity contribution in [3.63, 3.8) is 0 Å². The molecule has 0 saturated heterocycles. The van der Waals surface area contributed by atoms with Gasteiger partial charge in [0, 0.05) is 0 Å². The zero-order valence-corrected chi connectivity index (χ0v) is 5.88. The van der Waals surface area contributed by atoms with Gasteiger partial charge in [-0.25, -0.2) is 0 Å². The van der Waals surface area contributed by atoms with Crippen molar-refractivity contribution in [3.05, 3.63) is 24.8 Å². The summed E-state index contributed by atoms with van der Waals surface area (Å²) in [4.78, 5) is 0. The van der Waals surface area contributed by atoms with Crippen LogP contribution in [0.15, 0.2) is 24.8 Å². The first kappa shape index (κ1) is 8.44. The topological polar surface area (TPSA) is 20.2 Å². The van der Waals surface area contributed by atoms with Crippen molar-refractivity contribution < 1.29 is 5.11 Å². The van der Waals surface area contributed by atoms with E-state index < -0.39 is 0 Å². The summed E-state index contributed by atoms with van der Waals surface area (Å²) in [7, 11) is 0. The molecule has 0 aliphatic heterocycles. The minimum absolute atomic E-state index is 0.332. The summed E-state index contributed by atoms with van der Waals surface area (Å²) in [6, 6.07) is 0. The van der Waals surface area contributed by atoms with Gasteiger partial charge in [0.15, 0.2) is 0 Å². The fourth-order valence-electron chi connectivity index (χ4n) is 0.552. The molecule has 52 valence electrons. The van der Waals surface area contributed by atoms with Gasteiger partial charge in [-0.05, 0) is 19.8 Å². The Morgan fingerprint density at radius 3 is 2.78 bits per heavy atom. The Morgan fingerprint density at radius 2 is 2.33 bits per heavy atom. The normalized spacial score (nSPS) is 14.0. The van der Waals surface area contributed by atoms with Crippen molar-refractivity contribution in [2.75, 3.05) is 0 Å². The van der Waals surface area contributed by atoms with E-state index in [-0.39, 0.29) is 6.10 Å². The first-order valence-corrected chi connectivity index (χ1v) is 3.23. The molecule has 0 saturated carbocycles. The van der Waals surface area contributed by atoms with Gasteiger partial charge in [0.2, 0.25) is 0 Å². The molecule has 1 N–H and O–H groups in total. The summed E-state index contributed by atoms with van der Waals surface area (Å²) in [5.74, 6) is 0. The number of hydrogen-bond acceptors (Lipinski definition) is 1. The lowest BCUT2D eigenvalue weighted by molar-refractivity contribution is 0.214. The third kappa shape index (κ3) is 5.31. The fourth-order valence-corrected chi connectivity index (χ4v) is 0.552. The summed E-state index contributed by atoms with van der Waals surface area (Å²) in [5, 5.41) is 8.93. The molecule has 0 aliphatic carbocycles. The van der Waals surface area contributed by atoms with Crippen LogP contribution in [0, 0.1) is 0 Å². The molecule has 0 fully saturated rings. The Morgan fingerprint density at radius 1 is 1.67 bits per heavy atom. The van der Waals surface area contributed by atoms with Crippen molar-refractivity contribution in [3.8, 4) is 0 Å². The largest absolute Gasteiger partial charge is 0.389 e. The van der Waals surface area contributed by atoms with Gasteiger partial charge in [-0.15, -0.1) is 6.58 Å². The maximum Gasteiger partial charge on any atom is 0.0721 e. The Hall–Kier alpha value is -0.560. The predicted octanol–water partition coefficient (Wildman–Crippen LogP) is 1.89. The molecule has 0 aromatic carbocycles. The number of allylic oxidation sites excluding steroid dienone is 2. The second-order valence-electron chi connectivity index (χ2n) is 1.95. The summed E-state index contributed by atoms with van der Waals surface area (Å²) in [6.07, 6.45) is 6.96. The maximum absolute atomic E-state index is 8.93. The van der Waals surface area contributed by atoms with Crippen LogP contribution in [-0.4, -0.2) is 11.2 Å². The zero-order chi connectivity index (χ0) is 7.11. The third-order valence-corrected chi connectivity index (χ3v) is 1.14. The van der Waals surface area contributed by atoms with Crippen molar-refractivity contribution in [2.24, 2.45) is 0 Å². The number of rotatable bonds is 4. The van der Waals surface area contributed by atoms with Gasteiger partial charge in [-0.2, -0.15) is 0 Å². The minimum Gasteiger partial charge on any atom is -0.389 e. The molecule has 0 heterocycles. The quantitative estimate of drug-likeness (QED) is 0.570. The minimum atomic E-state index is -0.332. The van der Waals surface area contributed by atoms with Crippen LogP contribution in [0.3, 0.4) is 0 Å². The molecule has 1 nitrogen and oxygen atoms in total. The van der Waals surface area contributed by atoms with E-state index in [0.29, 0.717) is 0 Å². The highest BCUT2D eigenvalue weighted by Crippen LogP contribution is 1.97. The smallest absolute Gasteiger partial charge is 0.0721 e. The van der Waals surface area contributed by atoms with Crippen LogP contribution >= 0.6 is 0 Å². The van der Waals surface area contributed by atoms with Crippen LogP contribution in [0.25, 0.3) is 0 Å². The third-order valence-electron chi connectivity index (χ3n) is 1.14. The summed E-state index contributed by atoms with van der Waals surface area (Å²) in [6.45, 7) is 5.44. The first-order valence-electron chi connectivity index (χ1n) is 3.23. The van der Waals surface area contributed by atoms with Gasteiger partial charge in [0.25, 0.3) is 0 Å². The average Bonchev–Trinajstić information content (AvgIpc) is 1.89. The molecule has 1 unspecified atom stereocenters. The number of hydrogen-bond donors (Lipinski definition) is 1. The maximum atomic E-state index is 8.93. The highest BCUT2D eigenvalue weighted by molar-refractivity contribution is 4.83. The van der Waals surface area contributed by atoms with E-state index in [0.717, 1.165) is 12.8 Å². The van der Waals surface area contributed by atoms with E-state index in [1.54, 1.807) is 6.08 Å². The van der Waals surface area contributed by atoms with Crippen LogP contribution in [0.4, 0.5) is 0 Å². The molecule has 0 rings (SSSR count). The molecule has 0 aromatic rings. The van der Waals surface area contributed by atoms with Crippen LogP contribution < -0.4 is 0 Å². The zero-order valence-electron chi connectivity index (χ0n) is 5.88. The molecule has 0 aliphatic rings. The average molecular weight is 126 g/mol.